The zero-order chi connectivity index (χ0) is 21.9. The number of benzene rings is 1. The van der Waals surface area contributed by atoms with Gasteiger partial charge in [0.15, 0.2) is 0 Å². The summed E-state index contributed by atoms with van der Waals surface area (Å²) in [5.74, 6) is 0. The largest absolute Gasteiger partial charge is 0.378 e. The van der Waals surface area contributed by atoms with Crippen LogP contribution >= 0.6 is 0 Å². The molecule has 0 aliphatic heterocycles. The smallest absolute Gasteiger partial charge is 0.109 e. The van der Waals surface area contributed by atoms with Crippen molar-refractivity contribution in [3.05, 3.63) is 35.9 Å². The topological polar surface area (TPSA) is 132 Å². The first-order chi connectivity index (χ1) is 14.8. The van der Waals surface area contributed by atoms with E-state index in [2.05, 4.69) is 6.07 Å². The summed E-state index contributed by atoms with van der Waals surface area (Å²) in [5, 5.41) is 35.4. The minimum atomic E-state index is -0.566. The average Bonchev–Trinajstić information content (AvgIpc) is 2.77. The number of hydrogen-bond acceptors (Lipinski definition) is 8. The first-order valence-corrected chi connectivity index (χ1v) is 9.72. The van der Waals surface area contributed by atoms with Gasteiger partial charge in [-0.15, -0.1) is 0 Å². The second kappa shape index (κ2) is 16.9. The highest BCUT2D eigenvalue weighted by atomic mass is 16.6. The summed E-state index contributed by atoms with van der Waals surface area (Å²) < 4.78 is 23.1. The summed E-state index contributed by atoms with van der Waals surface area (Å²) >= 11 is 0. The van der Waals surface area contributed by atoms with Gasteiger partial charge in [0.2, 0.25) is 0 Å². The molecule has 1 aromatic rings. The van der Waals surface area contributed by atoms with Gasteiger partial charge in [-0.2, -0.15) is 21.0 Å². The lowest BCUT2D eigenvalue weighted by atomic mass is 10.1. The van der Waals surface area contributed by atoms with Crippen LogP contribution in [0, 0.1) is 45.3 Å². The SMILES string of the molecule is N#CCCOCC(OCCC#N)C(COC(CC#N)c1ccccc1)OCCC#N. The Morgan fingerprint density at radius 2 is 1.23 bits per heavy atom. The zero-order valence-corrected chi connectivity index (χ0v) is 16.9. The molecule has 158 valence electrons. The lowest BCUT2D eigenvalue weighted by Crippen LogP contribution is -2.40. The van der Waals surface area contributed by atoms with Crippen molar-refractivity contribution in [1.29, 1.82) is 21.0 Å². The average molecular weight is 410 g/mol. The Kier molecular flexibility index (Phi) is 14.1. The maximum Gasteiger partial charge on any atom is 0.109 e. The molecule has 1 aromatic carbocycles. The molecule has 1 rings (SSSR count). The van der Waals surface area contributed by atoms with Crippen molar-refractivity contribution < 1.29 is 18.9 Å². The van der Waals surface area contributed by atoms with E-state index < -0.39 is 18.3 Å². The fraction of sp³-hybridized carbons (Fsp3) is 0.545. The van der Waals surface area contributed by atoms with Gasteiger partial charge in [-0.1, -0.05) is 30.3 Å². The quantitative estimate of drug-likeness (QED) is 0.380. The molecule has 0 amide bonds. The van der Waals surface area contributed by atoms with E-state index in [0.29, 0.717) is 0 Å². The molecule has 0 saturated carbocycles. The molecular formula is C22H26N4O4. The minimum absolute atomic E-state index is 0.117. The summed E-state index contributed by atoms with van der Waals surface area (Å²) in [6.07, 6.45) is -0.707. The molecule has 0 radical (unpaired) electrons. The van der Waals surface area contributed by atoms with Gasteiger partial charge >= 0.3 is 0 Å². The molecule has 0 aliphatic carbocycles. The van der Waals surface area contributed by atoms with Gasteiger partial charge in [-0.3, -0.25) is 0 Å². The highest BCUT2D eigenvalue weighted by molar-refractivity contribution is 5.18. The second-order valence-electron chi connectivity index (χ2n) is 6.21. The summed E-state index contributed by atoms with van der Waals surface area (Å²) in [6.45, 7) is 0.908. The predicted molar refractivity (Wildman–Crippen MR) is 106 cm³/mol. The van der Waals surface area contributed by atoms with Crippen molar-refractivity contribution in [2.24, 2.45) is 0 Å². The Bertz CT molecular complexity index is 746. The van der Waals surface area contributed by atoms with Gasteiger partial charge in [-0.05, 0) is 5.56 Å². The van der Waals surface area contributed by atoms with Gasteiger partial charge in [0, 0.05) is 0 Å². The van der Waals surface area contributed by atoms with Crippen molar-refractivity contribution in [3.63, 3.8) is 0 Å². The van der Waals surface area contributed by atoms with Crippen LogP contribution < -0.4 is 0 Å². The normalized spacial score (nSPS) is 13.2. The van der Waals surface area contributed by atoms with Crippen LogP contribution in [-0.2, 0) is 18.9 Å². The molecule has 0 heterocycles. The highest BCUT2D eigenvalue weighted by Crippen LogP contribution is 2.22. The van der Waals surface area contributed by atoms with Crippen LogP contribution in [0.3, 0.4) is 0 Å². The number of ether oxygens (including phenoxy) is 4. The van der Waals surface area contributed by atoms with Gasteiger partial charge in [0.25, 0.3) is 0 Å². The number of nitrogens with zero attached hydrogens (tertiary/aromatic N) is 4. The second-order valence-corrected chi connectivity index (χ2v) is 6.21. The molecule has 0 saturated heterocycles. The number of hydrogen-bond donors (Lipinski definition) is 0. The molecule has 3 unspecified atom stereocenters. The molecule has 3 atom stereocenters. The Labute approximate surface area is 177 Å². The maximum atomic E-state index is 9.16. The van der Waals surface area contributed by atoms with Crippen molar-refractivity contribution in [2.75, 3.05) is 33.0 Å². The van der Waals surface area contributed by atoms with Gasteiger partial charge < -0.3 is 18.9 Å². The molecule has 30 heavy (non-hydrogen) atoms. The molecule has 0 bridgehead atoms. The van der Waals surface area contributed by atoms with Crippen LogP contribution in [-0.4, -0.2) is 45.2 Å². The fourth-order valence-electron chi connectivity index (χ4n) is 2.59. The van der Waals surface area contributed by atoms with E-state index >= 15 is 0 Å². The fourth-order valence-corrected chi connectivity index (χ4v) is 2.59. The Balaban J connectivity index is 2.84. The first-order valence-electron chi connectivity index (χ1n) is 9.72. The summed E-state index contributed by atoms with van der Waals surface area (Å²) in [7, 11) is 0. The van der Waals surface area contributed by atoms with Crippen LogP contribution in [0.1, 0.15) is 37.4 Å². The molecular weight excluding hydrogens is 384 g/mol. The van der Waals surface area contributed by atoms with Crippen molar-refractivity contribution >= 4 is 0 Å². The molecule has 0 spiro atoms. The Morgan fingerprint density at radius 1 is 0.667 bits per heavy atom. The third-order valence-electron chi connectivity index (χ3n) is 4.06. The molecule has 0 fully saturated rings. The van der Waals surface area contributed by atoms with Crippen molar-refractivity contribution in [1.82, 2.24) is 0 Å². The van der Waals surface area contributed by atoms with Crippen LogP contribution in [0.5, 0.6) is 0 Å². The standard InChI is InChI=1S/C22H26N4O4/c23-10-4-14-27-17-21(28-15-5-11-24)22(29-16-6-12-25)18-30-20(9-13-26)19-7-2-1-3-8-19/h1-3,7-8,20-22H,4-6,9,14-18H2. The van der Waals surface area contributed by atoms with Crippen molar-refractivity contribution in [3.8, 4) is 24.3 Å². The molecule has 0 aliphatic rings. The van der Waals surface area contributed by atoms with Crippen LogP contribution in [0.4, 0.5) is 0 Å². The third kappa shape index (κ3) is 10.5. The number of nitriles is 4. The molecule has 8 nitrogen and oxygen atoms in total. The monoisotopic (exact) mass is 410 g/mol. The lowest BCUT2D eigenvalue weighted by molar-refractivity contribution is -0.134. The highest BCUT2D eigenvalue weighted by Gasteiger charge is 2.26. The third-order valence-corrected chi connectivity index (χ3v) is 4.06. The number of rotatable bonds is 16. The predicted octanol–water partition coefficient (Wildman–Crippen LogP) is 3.19. The van der Waals surface area contributed by atoms with E-state index in [1.807, 2.05) is 48.5 Å². The van der Waals surface area contributed by atoms with E-state index in [1.54, 1.807) is 0 Å². The lowest BCUT2D eigenvalue weighted by Gasteiger charge is -2.28. The van der Waals surface area contributed by atoms with Gasteiger partial charge in [-0.25, -0.2) is 0 Å². The first kappa shape index (κ1) is 25.1. The van der Waals surface area contributed by atoms with E-state index in [0.717, 1.165) is 5.56 Å². The van der Waals surface area contributed by atoms with Gasteiger partial charge in [0.05, 0.1) is 89.1 Å². The minimum Gasteiger partial charge on any atom is -0.378 e. The van der Waals surface area contributed by atoms with Crippen LogP contribution in [0.2, 0.25) is 0 Å². The van der Waals surface area contributed by atoms with E-state index in [1.165, 1.54) is 0 Å². The van der Waals surface area contributed by atoms with Crippen LogP contribution in [0.15, 0.2) is 30.3 Å². The van der Waals surface area contributed by atoms with Crippen LogP contribution in [0.25, 0.3) is 0 Å². The molecule has 8 heteroatoms. The Hall–Kier alpha value is -2.98. The zero-order valence-electron chi connectivity index (χ0n) is 16.9. The maximum absolute atomic E-state index is 9.16. The van der Waals surface area contributed by atoms with Crippen molar-refractivity contribution in [2.45, 2.75) is 44.0 Å². The summed E-state index contributed by atoms with van der Waals surface area (Å²) in [4.78, 5) is 0. The summed E-state index contributed by atoms with van der Waals surface area (Å²) in [5.41, 5.74) is 0.877. The Morgan fingerprint density at radius 3 is 1.80 bits per heavy atom. The molecule has 0 N–H and O–H groups in total. The molecule has 0 aromatic heterocycles. The summed E-state index contributed by atoms with van der Waals surface area (Å²) in [6, 6.07) is 17.6. The van der Waals surface area contributed by atoms with E-state index in [4.69, 9.17) is 40.0 Å². The van der Waals surface area contributed by atoms with E-state index in [9.17, 15) is 0 Å². The van der Waals surface area contributed by atoms with Gasteiger partial charge in [0.1, 0.15) is 12.2 Å². The van der Waals surface area contributed by atoms with E-state index in [-0.39, 0.29) is 58.7 Å².